The van der Waals surface area contributed by atoms with E-state index in [-0.39, 0.29) is 18.6 Å². The second-order valence-electron chi connectivity index (χ2n) is 13.1. The van der Waals surface area contributed by atoms with Crippen LogP contribution in [0.15, 0.2) is 24.3 Å². The number of aliphatic carboxylic acids is 4. The predicted molar refractivity (Wildman–Crippen MR) is 194 cm³/mol. The van der Waals surface area contributed by atoms with Crippen molar-refractivity contribution in [2.24, 2.45) is 11.7 Å². The van der Waals surface area contributed by atoms with Gasteiger partial charge < -0.3 is 73.4 Å². The van der Waals surface area contributed by atoms with Crippen molar-refractivity contribution in [2.75, 3.05) is 6.61 Å². The summed E-state index contributed by atoms with van der Waals surface area (Å²) >= 11 is 0. The first kappa shape index (κ1) is 49.6. The van der Waals surface area contributed by atoms with E-state index < -0.39 is 140 Å². The maximum Gasteiger partial charge on any atom is 0.328 e. The zero-order valence-electron chi connectivity index (χ0n) is 31.5. The number of hydrogen-bond donors (Lipinski definition) is 14. The summed E-state index contributed by atoms with van der Waals surface area (Å²) in [5.74, 6) is -14.7. The Morgan fingerprint density at radius 2 is 1.00 bits per heavy atom. The molecule has 0 unspecified atom stereocenters. The Bertz CT molecular complexity index is 1670. The smallest absolute Gasteiger partial charge is 0.328 e. The number of amides is 6. The predicted octanol–water partition coefficient (Wildman–Crippen LogP) is -4.90. The molecule has 0 saturated carbocycles. The Morgan fingerprint density at radius 1 is 0.586 bits per heavy atom. The highest BCUT2D eigenvalue weighted by Crippen LogP contribution is 2.13. The van der Waals surface area contributed by atoms with Gasteiger partial charge >= 0.3 is 23.9 Å². The normalized spacial score (nSPS) is 15.6. The molecule has 0 fully saturated rings. The Labute approximate surface area is 329 Å². The van der Waals surface area contributed by atoms with Crippen molar-refractivity contribution in [3.05, 3.63) is 29.8 Å². The Hall–Kier alpha value is -6.40. The van der Waals surface area contributed by atoms with Crippen molar-refractivity contribution in [2.45, 2.75) is 101 Å². The molecule has 0 heterocycles. The summed E-state index contributed by atoms with van der Waals surface area (Å²) in [6.45, 7) is 3.15. The van der Waals surface area contributed by atoms with E-state index in [0.717, 1.165) is 6.92 Å². The number of carboxylic acid groups (broad SMARTS) is 4. The van der Waals surface area contributed by atoms with Gasteiger partial charge in [0.25, 0.3) is 0 Å². The lowest BCUT2D eigenvalue weighted by Gasteiger charge is -2.29. The van der Waals surface area contributed by atoms with Gasteiger partial charge in [-0.3, -0.25) is 43.2 Å². The average Bonchev–Trinajstić information content (AvgIpc) is 3.13. The first-order chi connectivity index (χ1) is 27.0. The maximum atomic E-state index is 13.5. The minimum absolute atomic E-state index is 0.164. The van der Waals surface area contributed by atoms with Gasteiger partial charge in [0, 0.05) is 6.42 Å². The molecule has 0 saturated heterocycles. The molecule has 58 heavy (non-hydrogen) atoms. The number of rotatable bonds is 25. The highest BCUT2D eigenvalue weighted by molar-refractivity contribution is 5.99. The molecule has 322 valence electrons. The number of aliphatic hydroxyl groups is 2. The molecule has 0 radical (unpaired) electrons. The van der Waals surface area contributed by atoms with Crippen LogP contribution < -0.4 is 37.6 Å². The minimum atomic E-state index is -2.11. The molecule has 24 nitrogen and oxygen atoms in total. The topological polar surface area (TPSA) is 411 Å². The number of hydrogen-bond acceptors (Lipinski definition) is 14. The van der Waals surface area contributed by atoms with Crippen LogP contribution in [0.2, 0.25) is 0 Å². The number of phenols is 1. The number of benzene rings is 1. The number of phenolic OH excluding ortho intramolecular Hbond substituents is 1. The van der Waals surface area contributed by atoms with Crippen LogP contribution in [0.3, 0.4) is 0 Å². The largest absolute Gasteiger partial charge is 0.508 e. The van der Waals surface area contributed by atoms with E-state index in [1.807, 2.05) is 16.0 Å². The first-order valence-corrected chi connectivity index (χ1v) is 17.5. The fourth-order valence-electron chi connectivity index (χ4n) is 5.00. The van der Waals surface area contributed by atoms with Gasteiger partial charge in [-0.15, -0.1) is 0 Å². The third kappa shape index (κ3) is 16.8. The summed E-state index contributed by atoms with van der Waals surface area (Å²) in [4.78, 5) is 125. The first-order valence-electron chi connectivity index (χ1n) is 17.5. The van der Waals surface area contributed by atoms with Gasteiger partial charge in [0.1, 0.15) is 42.0 Å². The maximum absolute atomic E-state index is 13.5. The van der Waals surface area contributed by atoms with Gasteiger partial charge in [-0.2, -0.15) is 0 Å². The monoisotopic (exact) mass is 827 g/mol. The number of carbonyl (C=O) groups is 10. The van der Waals surface area contributed by atoms with E-state index in [9.17, 15) is 78.6 Å². The van der Waals surface area contributed by atoms with Gasteiger partial charge in [-0.1, -0.05) is 32.4 Å². The number of nitrogens with two attached hydrogens (primary N) is 1. The fraction of sp³-hybridized carbons (Fsp3) is 0.529. The molecule has 0 aliphatic carbocycles. The van der Waals surface area contributed by atoms with Crippen molar-refractivity contribution in [3.8, 4) is 5.75 Å². The summed E-state index contributed by atoms with van der Waals surface area (Å²) in [6.07, 6.45) is -5.10. The molecular formula is C34H49N7O17. The van der Waals surface area contributed by atoms with Gasteiger partial charge in [0.05, 0.1) is 38.0 Å². The lowest BCUT2D eigenvalue weighted by molar-refractivity contribution is -0.144. The van der Waals surface area contributed by atoms with Gasteiger partial charge in [-0.25, -0.2) is 4.79 Å². The molecule has 1 rings (SSSR count). The van der Waals surface area contributed by atoms with Crippen LogP contribution in [-0.2, 0) is 54.4 Å². The van der Waals surface area contributed by atoms with Crippen LogP contribution in [0.1, 0.15) is 52.0 Å². The fourth-order valence-corrected chi connectivity index (χ4v) is 5.00. The van der Waals surface area contributed by atoms with Crippen LogP contribution in [-0.4, -0.2) is 150 Å². The molecule has 0 aliphatic heterocycles. The van der Waals surface area contributed by atoms with E-state index in [2.05, 4.69) is 16.0 Å². The zero-order valence-corrected chi connectivity index (χ0v) is 31.5. The Balaban J connectivity index is 3.38. The quantitative estimate of drug-likeness (QED) is 0.0439. The van der Waals surface area contributed by atoms with Gasteiger partial charge in [-0.05, 0) is 30.5 Å². The SMILES string of the molecule is CC[C@H](C)[C@H](NC(=O)[C@@H](NC(=O)[C@H](CC(=O)O)NC(=O)[C@H](CC(=O)O)NC(=O)[C@H](Cc1ccc(O)cc1)NC(=O)[C@@H](N)CC(=O)O)[C@@H](C)O)C(=O)N[C@@H](CO)C(=O)O. The van der Waals surface area contributed by atoms with Crippen molar-refractivity contribution in [1.29, 1.82) is 0 Å². The van der Waals surface area contributed by atoms with Crippen molar-refractivity contribution in [3.63, 3.8) is 0 Å². The van der Waals surface area contributed by atoms with Crippen LogP contribution in [0.5, 0.6) is 5.75 Å². The van der Waals surface area contributed by atoms with Gasteiger partial charge in [0.2, 0.25) is 35.4 Å². The molecule has 1 aromatic carbocycles. The average molecular weight is 828 g/mol. The van der Waals surface area contributed by atoms with E-state index in [0.29, 0.717) is 5.56 Å². The molecule has 24 heteroatoms. The summed E-state index contributed by atoms with van der Waals surface area (Å²) < 4.78 is 0. The van der Waals surface area contributed by atoms with Crippen LogP contribution in [0, 0.1) is 5.92 Å². The molecule has 1 aromatic rings. The highest BCUT2D eigenvalue weighted by Gasteiger charge is 2.37. The highest BCUT2D eigenvalue weighted by atomic mass is 16.4. The van der Waals surface area contributed by atoms with Crippen LogP contribution in [0.25, 0.3) is 0 Å². The molecule has 0 aliphatic rings. The molecule has 15 N–H and O–H groups in total. The second-order valence-corrected chi connectivity index (χ2v) is 13.1. The molecule has 0 bridgehead atoms. The lowest BCUT2D eigenvalue weighted by Crippen LogP contribution is -2.62. The molecule has 9 atom stereocenters. The van der Waals surface area contributed by atoms with E-state index in [1.165, 1.54) is 31.2 Å². The number of carboxylic acids is 4. The number of nitrogens with one attached hydrogen (secondary N) is 6. The third-order valence-corrected chi connectivity index (χ3v) is 8.42. The van der Waals surface area contributed by atoms with Crippen LogP contribution >= 0.6 is 0 Å². The summed E-state index contributed by atoms with van der Waals surface area (Å²) in [5, 5.41) is 79.2. The second kappa shape index (κ2) is 23.6. The molecule has 0 spiro atoms. The van der Waals surface area contributed by atoms with Crippen molar-refractivity contribution < 1.29 is 83.7 Å². The Kier molecular flexibility index (Phi) is 20.2. The van der Waals surface area contributed by atoms with Crippen molar-refractivity contribution >= 4 is 59.3 Å². The number of aromatic hydroxyl groups is 1. The molecule has 0 aromatic heterocycles. The van der Waals surface area contributed by atoms with E-state index >= 15 is 0 Å². The summed E-state index contributed by atoms with van der Waals surface area (Å²) in [5.41, 5.74) is 5.92. The number of aliphatic hydroxyl groups excluding tert-OH is 2. The van der Waals surface area contributed by atoms with Crippen LogP contribution in [0.4, 0.5) is 0 Å². The third-order valence-electron chi connectivity index (χ3n) is 8.42. The lowest BCUT2D eigenvalue weighted by atomic mass is 9.97. The minimum Gasteiger partial charge on any atom is -0.508 e. The zero-order chi connectivity index (χ0) is 44.4. The van der Waals surface area contributed by atoms with E-state index in [4.69, 9.17) is 10.8 Å². The van der Waals surface area contributed by atoms with Crippen molar-refractivity contribution in [1.82, 2.24) is 31.9 Å². The molecular weight excluding hydrogens is 778 g/mol. The summed E-state index contributed by atoms with van der Waals surface area (Å²) in [6, 6.07) is -7.48. The summed E-state index contributed by atoms with van der Waals surface area (Å²) in [7, 11) is 0. The Morgan fingerprint density at radius 3 is 1.43 bits per heavy atom. The van der Waals surface area contributed by atoms with E-state index in [1.54, 1.807) is 6.92 Å². The standard InChI is InChI=1S/C34H49N7O17/c1-4-14(2)26(32(55)39-22(13-42)34(57)58)40-33(56)27(15(3)43)41-31(54)21(12-25(49)50)38-30(53)20(11-24(47)48)37-29(52)19(9-16-5-7-17(44)8-6-16)36-28(51)18(35)10-23(45)46/h5-8,14-15,18-22,26-27,42-44H,4,9-13,35H2,1-3H3,(H,36,51)(H,37,52)(H,38,53)(H,39,55)(H,40,56)(H,41,54)(H,45,46)(H,47,48)(H,49,50)(H,57,58)/t14-,15+,18-,19-,20-,21-,22-,26-,27-/m0/s1. The molecule has 6 amide bonds. The van der Waals surface area contributed by atoms with Gasteiger partial charge in [0.15, 0.2) is 0 Å². The number of carbonyl (C=O) groups excluding carboxylic acids is 6.